The highest BCUT2D eigenvalue weighted by Crippen LogP contribution is 2.35. The quantitative estimate of drug-likeness (QED) is 0.657. The Hall–Kier alpha value is -3.19. The fraction of sp³-hybridized carbons (Fsp3) is 0.158. The lowest BCUT2D eigenvalue weighted by molar-refractivity contribution is 0.250. The predicted molar refractivity (Wildman–Crippen MR) is 102 cm³/mol. The van der Waals surface area contributed by atoms with Crippen LogP contribution in [0.5, 0.6) is 11.5 Å². The zero-order valence-corrected chi connectivity index (χ0v) is 15.5. The molecule has 1 aromatic heterocycles. The van der Waals surface area contributed by atoms with Gasteiger partial charge in [0.15, 0.2) is 5.76 Å². The van der Waals surface area contributed by atoms with Gasteiger partial charge >= 0.3 is 6.03 Å². The van der Waals surface area contributed by atoms with Gasteiger partial charge < -0.3 is 24.5 Å². The molecule has 0 fully saturated rings. The Morgan fingerprint density at radius 3 is 2.59 bits per heavy atom. The number of carbonyl (C=O) groups excluding carboxylic acids is 1. The summed E-state index contributed by atoms with van der Waals surface area (Å²) in [5.41, 5.74) is 1.33. The maximum atomic E-state index is 12.2. The van der Waals surface area contributed by atoms with E-state index in [1.165, 1.54) is 14.2 Å². The highest BCUT2D eigenvalue weighted by molar-refractivity contribution is 6.32. The van der Waals surface area contributed by atoms with Crippen molar-refractivity contribution in [2.45, 2.75) is 6.54 Å². The first-order valence-corrected chi connectivity index (χ1v) is 8.45. The topological polar surface area (TPSA) is 85.6 Å². The molecule has 0 saturated heterocycles. The highest BCUT2D eigenvalue weighted by atomic mass is 35.5. The average Bonchev–Trinajstić information content (AvgIpc) is 3.16. The molecule has 0 spiro atoms. The summed E-state index contributed by atoms with van der Waals surface area (Å²) in [6.07, 6.45) is 1.62. The predicted octanol–water partition coefficient (Wildman–Crippen LogP) is 4.33. The molecule has 2 aromatic carbocycles. The van der Waals surface area contributed by atoms with Crippen molar-refractivity contribution in [1.82, 2.24) is 10.3 Å². The second-order valence-electron chi connectivity index (χ2n) is 5.48. The Morgan fingerprint density at radius 2 is 1.89 bits per heavy atom. The van der Waals surface area contributed by atoms with E-state index in [1.807, 2.05) is 30.3 Å². The molecule has 8 heteroatoms. The number of methoxy groups -OCH3 is 2. The van der Waals surface area contributed by atoms with Crippen molar-refractivity contribution < 1.29 is 18.7 Å². The van der Waals surface area contributed by atoms with Crippen LogP contribution in [0.2, 0.25) is 5.02 Å². The molecule has 0 aliphatic heterocycles. The van der Waals surface area contributed by atoms with Crippen LogP contribution in [0.15, 0.2) is 53.1 Å². The number of ether oxygens (including phenoxy) is 2. The Bertz CT molecular complexity index is 928. The molecule has 2 N–H and O–H groups in total. The van der Waals surface area contributed by atoms with Crippen LogP contribution in [0.1, 0.15) is 5.89 Å². The van der Waals surface area contributed by atoms with E-state index in [2.05, 4.69) is 15.6 Å². The van der Waals surface area contributed by atoms with Gasteiger partial charge in [-0.25, -0.2) is 9.78 Å². The Kier molecular flexibility index (Phi) is 5.83. The van der Waals surface area contributed by atoms with Gasteiger partial charge in [-0.2, -0.15) is 0 Å². The molecule has 140 valence electrons. The number of nitrogens with one attached hydrogen (secondary N) is 2. The molecule has 0 radical (unpaired) electrons. The van der Waals surface area contributed by atoms with Crippen LogP contribution in [0, 0.1) is 0 Å². The van der Waals surface area contributed by atoms with E-state index in [0.29, 0.717) is 33.9 Å². The van der Waals surface area contributed by atoms with E-state index < -0.39 is 6.03 Å². The standard InChI is InChI=1S/C19H18ClN3O4/c1-25-15-9-16(26-2)14(8-13(15)20)23-19(24)22-11-18-21-10-17(27-18)12-6-4-3-5-7-12/h3-10H,11H2,1-2H3,(H2,22,23,24). The van der Waals surface area contributed by atoms with Crippen LogP contribution in [0.4, 0.5) is 10.5 Å². The van der Waals surface area contributed by atoms with Gasteiger partial charge in [0.25, 0.3) is 0 Å². The third-order valence-corrected chi connectivity index (χ3v) is 4.03. The fourth-order valence-electron chi connectivity index (χ4n) is 2.41. The number of oxazole rings is 1. The average molecular weight is 388 g/mol. The number of carbonyl (C=O) groups is 1. The maximum Gasteiger partial charge on any atom is 0.319 e. The Morgan fingerprint density at radius 1 is 1.15 bits per heavy atom. The molecule has 1 heterocycles. The first-order chi connectivity index (χ1) is 13.1. The molecule has 0 bridgehead atoms. The van der Waals surface area contributed by atoms with Gasteiger partial charge in [0, 0.05) is 11.6 Å². The third kappa shape index (κ3) is 4.51. The second-order valence-corrected chi connectivity index (χ2v) is 5.89. The van der Waals surface area contributed by atoms with Crippen LogP contribution in [0.25, 0.3) is 11.3 Å². The summed E-state index contributed by atoms with van der Waals surface area (Å²) in [6.45, 7) is 0.130. The largest absolute Gasteiger partial charge is 0.495 e. The molecular weight excluding hydrogens is 370 g/mol. The summed E-state index contributed by atoms with van der Waals surface area (Å²) in [7, 11) is 2.99. The molecular formula is C19H18ClN3O4. The van der Waals surface area contributed by atoms with Gasteiger partial charge in [0.2, 0.25) is 5.89 Å². The van der Waals surface area contributed by atoms with Crippen LogP contribution >= 0.6 is 11.6 Å². The maximum absolute atomic E-state index is 12.2. The SMILES string of the molecule is COc1cc(OC)c(NC(=O)NCc2ncc(-c3ccccc3)o2)cc1Cl. The first-order valence-electron chi connectivity index (χ1n) is 8.07. The Balaban J connectivity index is 1.62. The molecule has 0 atom stereocenters. The lowest BCUT2D eigenvalue weighted by Crippen LogP contribution is -2.28. The summed E-state index contributed by atoms with van der Waals surface area (Å²) in [6, 6.07) is 12.3. The lowest BCUT2D eigenvalue weighted by Gasteiger charge is -2.13. The van der Waals surface area contributed by atoms with E-state index in [1.54, 1.807) is 18.3 Å². The molecule has 0 saturated carbocycles. The van der Waals surface area contributed by atoms with Crippen LogP contribution in [-0.2, 0) is 6.54 Å². The number of rotatable bonds is 6. The molecule has 0 aliphatic rings. The van der Waals surface area contributed by atoms with Crippen molar-refractivity contribution in [3.8, 4) is 22.8 Å². The number of halogens is 1. The smallest absolute Gasteiger partial charge is 0.319 e. The monoisotopic (exact) mass is 387 g/mol. The molecule has 7 nitrogen and oxygen atoms in total. The minimum absolute atomic E-state index is 0.130. The minimum Gasteiger partial charge on any atom is -0.495 e. The van der Waals surface area contributed by atoms with Gasteiger partial charge in [-0.3, -0.25) is 0 Å². The lowest BCUT2D eigenvalue weighted by atomic mass is 10.2. The van der Waals surface area contributed by atoms with Crippen molar-refractivity contribution in [3.63, 3.8) is 0 Å². The zero-order valence-electron chi connectivity index (χ0n) is 14.8. The number of hydrogen-bond donors (Lipinski definition) is 2. The Labute approximate surface area is 161 Å². The van der Waals surface area contributed by atoms with Gasteiger partial charge in [0.1, 0.15) is 11.5 Å². The fourth-order valence-corrected chi connectivity index (χ4v) is 2.65. The minimum atomic E-state index is -0.450. The van der Waals surface area contributed by atoms with Crippen molar-refractivity contribution in [3.05, 3.63) is 59.6 Å². The number of benzene rings is 2. The van der Waals surface area contributed by atoms with Crippen LogP contribution < -0.4 is 20.1 Å². The summed E-state index contributed by atoms with van der Waals surface area (Å²) in [5, 5.41) is 5.71. The van der Waals surface area contributed by atoms with Crippen molar-refractivity contribution in [2.75, 3.05) is 19.5 Å². The number of nitrogens with zero attached hydrogens (tertiary/aromatic N) is 1. The van der Waals surface area contributed by atoms with Crippen LogP contribution in [-0.4, -0.2) is 25.2 Å². The van der Waals surface area contributed by atoms with E-state index in [9.17, 15) is 4.79 Å². The highest BCUT2D eigenvalue weighted by Gasteiger charge is 2.13. The number of anilines is 1. The van der Waals surface area contributed by atoms with Gasteiger partial charge in [-0.05, 0) is 6.07 Å². The summed E-state index contributed by atoms with van der Waals surface area (Å²) < 4.78 is 16.0. The van der Waals surface area contributed by atoms with Crippen LogP contribution in [0.3, 0.4) is 0 Å². The molecule has 27 heavy (non-hydrogen) atoms. The van der Waals surface area contributed by atoms with Gasteiger partial charge in [0.05, 0.1) is 37.7 Å². The first kappa shape index (κ1) is 18.6. The van der Waals surface area contributed by atoms with Crippen molar-refractivity contribution in [1.29, 1.82) is 0 Å². The summed E-state index contributed by atoms with van der Waals surface area (Å²) >= 11 is 6.10. The third-order valence-electron chi connectivity index (χ3n) is 3.73. The van der Waals surface area contributed by atoms with Crippen molar-refractivity contribution in [2.24, 2.45) is 0 Å². The number of aromatic nitrogens is 1. The molecule has 3 rings (SSSR count). The number of hydrogen-bond acceptors (Lipinski definition) is 5. The molecule has 0 unspecified atom stereocenters. The number of amides is 2. The van der Waals surface area contributed by atoms with Gasteiger partial charge in [-0.15, -0.1) is 0 Å². The zero-order chi connectivity index (χ0) is 19.2. The van der Waals surface area contributed by atoms with E-state index >= 15 is 0 Å². The van der Waals surface area contributed by atoms with E-state index in [-0.39, 0.29) is 6.54 Å². The van der Waals surface area contributed by atoms with Crippen molar-refractivity contribution >= 4 is 23.3 Å². The summed E-state index contributed by atoms with van der Waals surface area (Å²) in [5.74, 6) is 1.90. The van der Waals surface area contributed by atoms with Gasteiger partial charge in [-0.1, -0.05) is 41.9 Å². The molecule has 0 aliphatic carbocycles. The van der Waals surface area contributed by atoms with E-state index in [4.69, 9.17) is 25.5 Å². The molecule has 2 amide bonds. The normalized spacial score (nSPS) is 10.3. The second kappa shape index (κ2) is 8.46. The molecule has 3 aromatic rings. The summed E-state index contributed by atoms with van der Waals surface area (Å²) in [4.78, 5) is 16.3. The number of urea groups is 1. The van der Waals surface area contributed by atoms with E-state index in [0.717, 1.165) is 5.56 Å².